The minimum Gasteiger partial charge on any atom is -0.507 e. The van der Waals surface area contributed by atoms with Crippen LogP contribution in [0.15, 0.2) is 28.7 Å². The maximum atomic E-state index is 9.49. The van der Waals surface area contributed by atoms with Crippen LogP contribution in [-0.2, 0) is 6.32 Å². The van der Waals surface area contributed by atoms with Crippen molar-refractivity contribution in [2.45, 2.75) is 6.32 Å². The maximum Gasteiger partial charge on any atom is 0.132 e. The minimum atomic E-state index is 0.234. The number of fused-ring (bicyclic) bond motifs is 1. The molecule has 1 N–H and O–H groups in total. The monoisotopic (exact) mass is 249 g/mol. The van der Waals surface area contributed by atoms with Gasteiger partial charge in [-0.05, 0) is 40.4 Å². The van der Waals surface area contributed by atoms with Gasteiger partial charge in [-0.2, -0.15) is 0 Å². The smallest absolute Gasteiger partial charge is 0.132 e. The van der Waals surface area contributed by atoms with Gasteiger partial charge in [0.1, 0.15) is 13.6 Å². The zero-order valence-electron chi connectivity index (χ0n) is 7.79. The van der Waals surface area contributed by atoms with Gasteiger partial charge in [-0.25, -0.2) is 0 Å². The summed E-state index contributed by atoms with van der Waals surface area (Å²) in [7, 11) is 2.06. The molecule has 0 unspecified atom stereocenters. The van der Waals surface area contributed by atoms with Crippen molar-refractivity contribution in [3.05, 3.63) is 34.4 Å². The molecule has 0 fully saturated rings. The molecular weight excluding hydrogens is 241 g/mol. The largest absolute Gasteiger partial charge is 0.507 e. The van der Waals surface area contributed by atoms with E-state index in [4.69, 9.17) is 0 Å². The van der Waals surface area contributed by atoms with Crippen LogP contribution in [0.3, 0.4) is 0 Å². The first-order chi connectivity index (χ1) is 6.72. The second-order valence-corrected chi connectivity index (χ2v) is 3.92. The summed E-state index contributed by atoms with van der Waals surface area (Å²) in [6.07, 6.45) is 0.901. The van der Waals surface area contributed by atoms with E-state index in [1.807, 2.05) is 18.2 Å². The molecule has 14 heavy (non-hydrogen) atoms. The Morgan fingerprint density at radius 1 is 1.29 bits per heavy atom. The third-order valence-electron chi connectivity index (χ3n) is 2.20. The van der Waals surface area contributed by atoms with Crippen molar-refractivity contribution < 1.29 is 5.11 Å². The van der Waals surface area contributed by atoms with Crippen molar-refractivity contribution in [1.29, 1.82) is 0 Å². The van der Waals surface area contributed by atoms with E-state index in [9.17, 15) is 5.11 Å². The Bertz CT molecular complexity index is 487. The molecule has 0 amide bonds. The van der Waals surface area contributed by atoms with E-state index in [1.165, 1.54) is 0 Å². The van der Waals surface area contributed by atoms with E-state index in [0.717, 1.165) is 22.9 Å². The van der Waals surface area contributed by atoms with Crippen LogP contribution < -0.4 is 0 Å². The number of rotatable bonds is 1. The van der Waals surface area contributed by atoms with E-state index >= 15 is 0 Å². The Morgan fingerprint density at radius 3 is 2.71 bits per heavy atom. The first-order valence-electron chi connectivity index (χ1n) is 4.49. The van der Waals surface area contributed by atoms with Gasteiger partial charge >= 0.3 is 0 Å². The molecule has 1 heterocycles. The molecule has 0 saturated carbocycles. The van der Waals surface area contributed by atoms with E-state index in [2.05, 4.69) is 28.8 Å². The summed E-state index contributed by atoms with van der Waals surface area (Å²) in [6, 6.07) is 7.55. The van der Waals surface area contributed by atoms with Crippen LogP contribution in [-0.4, -0.2) is 17.9 Å². The minimum absolute atomic E-state index is 0.234. The molecule has 0 aliphatic carbocycles. The number of halogens is 1. The van der Waals surface area contributed by atoms with Gasteiger partial charge in [0.25, 0.3) is 0 Å². The molecule has 70 valence electrons. The lowest BCUT2D eigenvalue weighted by Crippen LogP contribution is -1.90. The van der Waals surface area contributed by atoms with Gasteiger partial charge in [0.15, 0.2) is 0 Å². The van der Waals surface area contributed by atoms with Crippen molar-refractivity contribution in [2.75, 3.05) is 0 Å². The second kappa shape index (κ2) is 3.61. The average molecular weight is 250 g/mol. The zero-order valence-corrected chi connectivity index (χ0v) is 9.37. The molecule has 1 aromatic carbocycles. The SMILES string of the molecule is BCc1ccc2ccc(O)c(Br)c2n1. The molecule has 0 spiro atoms. The van der Waals surface area contributed by atoms with Gasteiger partial charge in [0.2, 0.25) is 0 Å². The van der Waals surface area contributed by atoms with E-state index in [1.54, 1.807) is 6.07 Å². The number of phenols is 1. The lowest BCUT2D eigenvalue weighted by Gasteiger charge is -2.03. The Labute approximate surface area is 91.5 Å². The van der Waals surface area contributed by atoms with Gasteiger partial charge in [0.05, 0.1) is 9.99 Å². The van der Waals surface area contributed by atoms with Crippen LogP contribution in [0.1, 0.15) is 5.69 Å². The number of pyridine rings is 1. The molecule has 2 nitrogen and oxygen atoms in total. The van der Waals surface area contributed by atoms with Crippen LogP contribution in [0.5, 0.6) is 5.75 Å². The summed E-state index contributed by atoms with van der Waals surface area (Å²) in [5.41, 5.74) is 1.85. The summed E-state index contributed by atoms with van der Waals surface area (Å²) >= 11 is 3.33. The van der Waals surface area contributed by atoms with E-state index in [0.29, 0.717) is 4.47 Å². The Kier molecular flexibility index (Phi) is 2.46. The first-order valence-corrected chi connectivity index (χ1v) is 5.28. The Morgan fingerprint density at radius 2 is 2.00 bits per heavy atom. The van der Waals surface area contributed by atoms with Gasteiger partial charge in [-0.3, -0.25) is 4.98 Å². The normalized spacial score (nSPS) is 10.6. The predicted molar refractivity (Wildman–Crippen MR) is 63.4 cm³/mol. The number of benzene rings is 1. The highest BCUT2D eigenvalue weighted by Crippen LogP contribution is 2.30. The molecule has 2 aromatic rings. The van der Waals surface area contributed by atoms with Crippen LogP contribution in [0, 0.1) is 0 Å². The number of aromatic nitrogens is 1. The summed E-state index contributed by atoms with van der Waals surface area (Å²) < 4.78 is 0.672. The van der Waals surface area contributed by atoms with Gasteiger partial charge in [-0.1, -0.05) is 6.07 Å². The van der Waals surface area contributed by atoms with E-state index < -0.39 is 0 Å². The van der Waals surface area contributed by atoms with Crippen LogP contribution >= 0.6 is 15.9 Å². The molecule has 0 bridgehead atoms. The Hall–Kier alpha value is -1.03. The summed E-state index contributed by atoms with van der Waals surface area (Å²) in [5, 5.41) is 10.5. The molecule has 0 aliphatic rings. The highest BCUT2D eigenvalue weighted by molar-refractivity contribution is 9.10. The van der Waals surface area contributed by atoms with Crippen LogP contribution in [0.4, 0.5) is 0 Å². The first kappa shape index (κ1) is 9.53. The lowest BCUT2D eigenvalue weighted by atomic mass is 10.0. The molecule has 0 atom stereocenters. The molecule has 1 aromatic heterocycles. The maximum absolute atomic E-state index is 9.49. The lowest BCUT2D eigenvalue weighted by molar-refractivity contribution is 0.473. The third-order valence-corrected chi connectivity index (χ3v) is 2.98. The van der Waals surface area contributed by atoms with Crippen LogP contribution in [0.2, 0.25) is 0 Å². The second-order valence-electron chi connectivity index (χ2n) is 3.13. The zero-order chi connectivity index (χ0) is 10.1. The quantitative estimate of drug-likeness (QED) is 0.783. The highest BCUT2D eigenvalue weighted by Gasteiger charge is 2.05. The number of nitrogens with zero attached hydrogens (tertiary/aromatic N) is 1. The number of hydrogen-bond acceptors (Lipinski definition) is 2. The number of hydrogen-bond donors (Lipinski definition) is 1. The Balaban J connectivity index is 2.78. The van der Waals surface area contributed by atoms with Gasteiger partial charge in [0, 0.05) is 11.1 Å². The van der Waals surface area contributed by atoms with E-state index in [-0.39, 0.29) is 5.75 Å². The summed E-state index contributed by atoms with van der Waals surface area (Å²) in [4.78, 5) is 4.45. The van der Waals surface area contributed by atoms with Crippen molar-refractivity contribution in [1.82, 2.24) is 4.98 Å². The third kappa shape index (κ3) is 1.50. The number of aromatic hydroxyl groups is 1. The predicted octanol–water partition coefficient (Wildman–Crippen LogP) is 1.84. The molecule has 0 saturated heterocycles. The highest BCUT2D eigenvalue weighted by atomic mass is 79.9. The average Bonchev–Trinajstić information content (AvgIpc) is 2.23. The fourth-order valence-corrected chi connectivity index (χ4v) is 1.83. The van der Waals surface area contributed by atoms with Crippen molar-refractivity contribution in [3.8, 4) is 5.75 Å². The molecule has 0 radical (unpaired) electrons. The summed E-state index contributed by atoms with van der Waals surface area (Å²) in [6.45, 7) is 0. The van der Waals surface area contributed by atoms with Crippen LogP contribution in [0.25, 0.3) is 10.9 Å². The topological polar surface area (TPSA) is 33.1 Å². The standard InChI is InChI=1S/C10H9BBrNO/c11-5-7-3-1-6-2-4-8(14)9(12)10(6)13-7/h1-4,14H,5,11H2. The van der Waals surface area contributed by atoms with Gasteiger partial charge in [-0.15, -0.1) is 0 Å². The molecular formula is C10H9BBrNO. The number of phenolic OH excluding ortho intramolecular Hbond substituents is 1. The fraction of sp³-hybridized carbons (Fsp3) is 0.100. The fourth-order valence-electron chi connectivity index (χ4n) is 1.38. The molecule has 4 heteroatoms. The van der Waals surface area contributed by atoms with Crippen molar-refractivity contribution >= 4 is 34.7 Å². The molecule has 2 rings (SSSR count). The molecule has 0 aliphatic heterocycles. The van der Waals surface area contributed by atoms with Crippen molar-refractivity contribution in [2.24, 2.45) is 0 Å². The summed E-state index contributed by atoms with van der Waals surface area (Å²) in [5.74, 6) is 0.234. The van der Waals surface area contributed by atoms with Gasteiger partial charge < -0.3 is 5.11 Å². The van der Waals surface area contributed by atoms with Crippen molar-refractivity contribution in [3.63, 3.8) is 0 Å².